The molecule has 3 rings (SSSR count). The van der Waals surface area contributed by atoms with Crippen molar-refractivity contribution in [3.8, 4) is 11.1 Å². The van der Waals surface area contributed by atoms with E-state index >= 15 is 0 Å². The number of nitrogens with zero attached hydrogens (tertiary/aromatic N) is 1. The van der Waals surface area contributed by atoms with Gasteiger partial charge in [-0.1, -0.05) is 42.0 Å². The van der Waals surface area contributed by atoms with Crippen LogP contribution in [-0.2, 0) is 0 Å². The SMILES string of the molecule is Cc1ccc2nc(N)c(-c3ccccc3)cc2c1. The number of hydrogen-bond acceptors (Lipinski definition) is 2. The van der Waals surface area contributed by atoms with Crippen molar-refractivity contribution in [3.63, 3.8) is 0 Å². The maximum atomic E-state index is 6.05. The third-order valence-corrected chi connectivity index (χ3v) is 3.08. The number of benzene rings is 2. The van der Waals surface area contributed by atoms with E-state index in [1.165, 1.54) is 5.56 Å². The molecule has 0 saturated carbocycles. The zero-order chi connectivity index (χ0) is 12.5. The second kappa shape index (κ2) is 4.15. The molecule has 18 heavy (non-hydrogen) atoms. The van der Waals surface area contributed by atoms with E-state index in [2.05, 4.69) is 42.2 Å². The smallest absolute Gasteiger partial charge is 0.131 e. The normalized spacial score (nSPS) is 10.7. The van der Waals surface area contributed by atoms with Crippen molar-refractivity contribution in [1.29, 1.82) is 0 Å². The Labute approximate surface area is 106 Å². The molecule has 0 bridgehead atoms. The zero-order valence-corrected chi connectivity index (χ0v) is 10.2. The molecule has 0 amide bonds. The summed E-state index contributed by atoms with van der Waals surface area (Å²) in [5.41, 5.74) is 10.3. The first kappa shape index (κ1) is 10.8. The molecule has 0 aliphatic carbocycles. The van der Waals surface area contributed by atoms with Crippen LogP contribution in [0.5, 0.6) is 0 Å². The van der Waals surface area contributed by atoms with Crippen LogP contribution in [0, 0.1) is 6.92 Å². The molecule has 2 aromatic carbocycles. The monoisotopic (exact) mass is 234 g/mol. The van der Waals surface area contributed by atoms with Crippen LogP contribution in [0.15, 0.2) is 54.6 Å². The summed E-state index contributed by atoms with van der Waals surface area (Å²) < 4.78 is 0. The fourth-order valence-corrected chi connectivity index (χ4v) is 2.16. The zero-order valence-electron chi connectivity index (χ0n) is 10.2. The molecule has 1 heterocycles. The van der Waals surface area contributed by atoms with E-state index in [0.29, 0.717) is 5.82 Å². The highest BCUT2D eigenvalue weighted by atomic mass is 14.8. The minimum Gasteiger partial charge on any atom is -0.383 e. The molecule has 0 aliphatic heterocycles. The highest BCUT2D eigenvalue weighted by Gasteiger charge is 2.06. The number of pyridine rings is 1. The first-order valence-electron chi connectivity index (χ1n) is 5.96. The van der Waals surface area contributed by atoms with Crippen LogP contribution in [0.1, 0.15) is 5.56 Å². The third kappa shape index (κ3) is 1.82. The van der Waals surface area contributed by atoms with Gasteiger partial charge in [0.05, 0.1) is 5.52 Å². The van der Waals surface area contributed by atoms with Gasteiger partial charge in [-0.15, -0.1) is 0 Å². The molecule has 2 nitrogen and oxygen atoms in total. The maximum absolute atomic E-state index is 6.05. The predicted octanol–water partition coefficient (Wildman–Crippen LogP) is 3.79. The molecule has 0 spiro atoms. The average molecular weight is 234 g/mol. The second-order valence-electron chi connectivity index (χ2n) is 4.48. The topological polar surface area (TPSA) is 38.9 Å². The number of nitrogens with two attached hydrogens (primary N) is 1. The van der Waals surface area contributed by atoms with Crippen LogP contribution in [0.4, 0.5) is 5.82 Å². The standard InChI is InChI=1S/C16H14N2/c1-11-7-8-15-13(9-11)10-14(16(17)18-15)12-5-3-2-4-6-12/h2-10H,1H3,(H2,17,18). The summed E-state index contributed by atoms with van der Waals surface area (Å²) in [6.45, 7) is 2.08. The molecule has 2 N–H and O–H groups in total. The average Bonchev–Trinajstić information content (AvgIpc) is 2.39. The summed E-state index contributed by atoms with van der Waals surface area (Å²) >= 11 is 0. The van der Waals surface area contributed by atoms with E-state index in [-0.39, 0.29) is 0 Å². The molecular weight excluding hydrogens is 220 g/mol. The van der Waals surface area contributed by atoms with Gasteiger partial charge in [-0.2, -0.15) is 0 Å². The Morgan fingerprint density at radius 3 is 2.50 bits per heavy atom. The van der Waals surface area contributed by atoms with Crippen molar-refractivity contribution in [2.45, 2.75) is 6.92 Å². The molecule has 3 aromatic rings. The molecule has 0 radical (unpaired) electrons. The van der Waals surface area contributed by atoms with Crippen molar-refractivity contribution in [3.05, 3.63) is 60.2 Å². The minimum atomic E-state index is 0.581. The third-order valence-electron chi connectivity index (χ3n) is 3.08. The minimum absolute atomic E-state index is 0.581. The Balaban J connectivity index is 2.27. The highest BCUT2D eigenvalue weighted by molar-refractivity contribution is 5.89. The van der Waals surface area contributed by atoms with Crippen LogP contribution >= 0.6 is 0 Å². The summed E-state index contributed by atoms with van der Waals surface area (Å²) in [7, 11) is 0. The van der Waals surface area contributed by atoms with Gasteiger partial charge in [-0.25, -0.2) is 4.98 Å². The van der Waals surface area contributed by atoms with Crippen LogP contribution in [0.2, 0.25) is 0 Å². The Hall–Kier alpha value is -2.35. The number of nitrogen functional groups attached to an aromatic ring is 1. The molecule has 0 atom stereocenters. The van der Waals surface area contributed by atoms with Gasteiger partial charge in [0.2, 0.25) is 0 Å². The summed E-state index contributed by atoms with van der Waals surface area (Å²) in [6.07, 6.45) is 0. The van der Waals surface area contributed by atoms with Crippen LogP contribution < -0.4 is 5.73 Å². The van der Waals surface area contributed by atoms with Gasteiger partial charge in [-0.05, 0) is 30.7 Å². The summed E-state index contributed by atoms with van der Waals surface area (Å²) in [5, 5.41) is 1.13. The molecule has 2 heteroatoms. The van der Waals surface area contributed by atoms with Crippen LogP contribution in [0.3, 0.4) is 0 Å². The predicted molar refractivity (Wildman–Crippen MR) is 76.3 cm³/mol. The first-order valence-corrected chi connectivity index (χ1v) is 5.96. The van der Waals surface area contributed by atoms with Gasteiger partial charge in [-0.3, -0.25) is 0 Å². The lowest BCUT2D eigenvalue weighted by molar-refractivity contribution is 1.39. The fourth-order valence-electron chi connectivity index (χ4n) is 2.16. The van der Waals surface area contributed by atoms with Crippen molar-refractivity contribution >= 4 is 16.7 Å². The number of rotatable bonds is 1. The van der Waals surface area contributed by atoms with Gasteiger partial charge >= 0.3 is 0 Å². The number of aromatic nitrogens is 1. The lowest BCUT2D eigenvalue weighted by Gasteiger charge is -2.07. The Bertz CT molecular complexity index is 703. The summed E-state index contributed by atoms with van der Waals surface area (Å²) in [4.78, 5) is 4.47. The van der Waals surface area contributed by atoms with Crippen molar-refractivity contribution in [2.75, 3.05) is 5.73 Å². The Morgan fingerprint density at radius 2 is 1.72 bits per heavy atom. The maximum Gasteiger partial charge on any atom is 0.131 e. The summed E-state index contributed by atoms with van der Waals surface area (Å²) in [5.74, 6) is 0.581. The van der Waals surface area contributed by atoms with Gasteiger partial charge in [0.15, 0.2) is 0 Å². The van der Waals surface area contributed by atoms with Crippen molar-refractivity contribution in [1.82, 2.24) is 4.98 Å². The van der Waals surface area contributed by atoms with E-state index in [1.807, 2.05) is 24.3 Å². The van der Waals surface area contributed by atoms with E-state index in [4.69, 9.17) is 5.73 Å². The number of fused-ring (bicyclic) bond motifs is 1. The van der Waals surface area contributed by atoms with E-state index < -0.39 is 0 Å². The number of aryl methyl sites for hydroxylation is 1. The largest absolute Gasteiger partial charge is 0.383 e. The van der Waals surface area contributed by atoms with Gasteiger partial charge in [0, 0.05) is 10.9 Å². The molecule has 88 valence electrons. The quantitative estimate of drug-likeness (QED) is 0.695. The molecule has 0 fully saturated rings. The van der Waals surface area contributed by atoms with E-state index in [1.54, 1.807) is 0 Å². The van der Waals surface area contributed by atoms with Crippen LogP contribution in [-0.4, -0.2) is 4.98 Å². The molecule has 0 unspecified atom stereocenters. The summed E-state index contributed by atoms with van der Waals surface area (Å²) in [6, 6.07) is 18.4. The first-order chi connectivity index (χ1) is 8.74. The fraction of sp³-hybridized carbons (Fsp3) is 0.0625. The van der Waals surface area contributed by atoms with E-state index in [0.717, 1.165) is 22.0 Å². The number of hydrogen-bond donors (Lipinski definition) is 1. The Kier molecular flexibility index (Phi) is 2.49. The van der Waals surface area contributed by atoms with Gasteiger partial charge < -0.3 is 5.73 Å². The van der Waals surface area contributed by atoms with Gasteiger partial charge in [0.25, 0.3) is 0 Å². The molecule has 1 aromatic heterocycles. The van der Waals surface area contributed by atoms with Crippen molar-refractivity contribution in [2.24, 2.45) is 0 Å². The molecule has 0 saturated heterocycles. The van der Waals surface area contributed by atoms with Crippen molar-refractivity contribution < 1.29 is 0 Å². The van der Waals surface area contributed by atoms with Crippen LogP contribution in [0.25, 0.3) is 22.0 Å². The lowest BCUT2D eigenvalue weighted by Crippen LogP contribution is -1.95. The molecule has 0 aliphatic rings. The number of anilines is 1. The van der Waals surface area contributed by atoms with E-state index in [9.17, 15) is 0 Å². The lowest BCUT2D eigenvalue weighted by atomic mass is 10.0. The second-order valence-corrected chi connectivity index (χ2v) is 4.48. The Morgan fingerprint density at radius 1 is 0.944 bits per heavy atom. The van der Waals surface area contributed by atoms with Gasteiger partial charge in [0.1, 0.15) is 5.82 Å². The molecular formula is C16H14N2. The highest BCUT2D eigenvalue weighted by Crippen LogP contribution is 2.28.